The van der Waals surface area contributed by atoms with Crippen molar-refractivity contribution in [3.05, 3.63) is 65.7 Å². The number of nitrogens with zero attached hydrogens (tertiary/aromatic N) is 1. The maximum Gasteiger partial charge on any atom is 0.333 e. The molecule has 150 valence electrons. The fourth-order valence-corrected chi connectivity index (χ4v) is 2.51. The van der Waals surface area contributed by atoms with E-state index >= 15 is 0 Å². The summed E-state index contributed by atoms with van der Waals surface area (Å²) >= 11 is 0. The van der Waals surface area contributed by atoms with Crippen LogP contribution in [0.5, 0.6) is 5.75 Å². The molecule has 0 aromatic heterocycles. The minimum atomic E-state index is -0.952. The maximum absolute atomic E-state index is 11.2. The zero-order chi connectivity index (χ0) is 20.2. The Kier molecular flexibility index (Phi) is 9.01. The average Bonchev–Trinajstić information content (AvgIpc) is 2.69. The normalized spacial score (nSPS) is 12.4. The summed E-state index contributed by atoms with van der Waals surface area (Å²) in [5.74, 6) is -0.225. The van der Waals surface area contributed by atoms with Gasteiger partial charge < -0.3 is 19.4 Å². The zero-order valence-electron chi connectivity index (χ0n) is 16.3. The number of aliphatic carboxylic acids is 1. The highest BCUT2D eigenvalue weighted by molar-refractivity contribution is 5.81. The summed E-state index contributed by atoms with van der Waals surface area (Å²) in [4.78, 5) is 16.5. The Balaban J connectivity index is 1.72. The third-order valence-electron chi connectivity index (χ3n) is 4.01. The molecule has 0 fully saturated rings. The summed E-state index contributed by atoms with van der Waals surface area (Å²) in [6.07, 6.45) is 0.155. The number of carbonyl (C=O) groups is 1. The first-order chi connectivity index (χ1) is 13.6. The number of oxime groups is 1. The molecule has 0 aliphatic rings. The van der Waals surface area contributed by atoms with Crippen molar-refractivity contribution in [2.45, 2.75) is 39.4 Å². The van der Waals surface area contributed by atoms with Crippen molar-refractivity contribution in [1.82, 2.24) is 0 Å². The molecule has 0 saturated carbocycles. The van der Waals surface area contributed by atoms with Crippen LogP contribution in [0.4, 0.5) is 0 Å². The Labute approximate surface area is 165 Å². The summed E-state index contributed by atoms with van der Waals surface area (Å²) in [5, 5.41) is 13.2. The summed E-state index contributed by atoms with van der Waals surface area (Å²) in [5.41, 5.74) is 2.82. The topological polar surface area (TPSA) is 77.3 Å². The fourth-order valence-electron chi connectivity index (χ4n) is 2.51. The lowest BCUT2D eigenvalue weighted by atomic mass is 10.1. The molecule has 1 N–H and O–H groups in total. The number of benzene rings is 2. The molecule has 28 heavy (non-hydrogen) atoms. The van der Waals surface area contributed by atoms with Gasteiger partial charge in [0.05, 0.1) is 12.3 Å². The molecular weight excluding hydrogens is 358 g/mol. The molecule has 0 radical (unpaired) electrons. The van der Waals surface area contributed by atoms with E-state index in [9.17, 15) is 4.79 Å². The summed E-state index contributed by atoms with van der Waals surface area (Å²) in [7, 11) is 0. The van der Waals surface area contributed by atoms with E-state index in [1.54, 1.807) is 6.92 Å². The van der Waals surface area contributed by atoms with Gasteiger partial charge in [0.25, 0.3) is 0 Å². The van der Waals surface area contributed by atoms with Gasteiger partial charge in [-0.2, -0.15) is 0 Å². The molecule has 2 rings (SSSR count). The number of carboxylic acids is 1. The molecule has 0 aliphatic carbocycles. The van der Waals surface area contributed by atoms with E-state index in [1.807, 2.05) is 61.5 Å². The number of ether oxygens (including phenoxy) is 2. The van der Waals surface area contributed by atoms with Crippen molar-refractivity contribution in [2.75, 3.05) is 13.2 Å². The first-order valence-corrected chi connectivity index (χ1v) is 9.34. The first kappa shape index (κ1) is 21.4. The molecule has 0 aliphatic heterocycles. The molecule has 1 atom stereocenters. The number of hydrogen-bond acceptors (Lipinski definition) is 5. The van der Waals surface area contributed by atoms with Gasteiger partial charge in [-0.25, -0.2) is 4.79 Å². The SMILES string of the molecule is CCOC(Cc1ccc(OCC/C(C)=N/OCc2ccccc2)cc1)C(=O)O. The van der Waals surface area contributed by atoms with Crippen LogP contribution in [0, 0.1) is 0 Å². The third-order valence-corrected chi connectivity index (χ3v) is 4.01. The van der Waals surface area contributed by atoms with Gasteiger partial charge in [-0.1, -0.05) is 47.6 Å². The molecule has 6 nitrogen and oxygen atoms in total. The van der Waals surface area contributed by atoms with Crippen LogP contribution in [-0.2, 0) is 27.4 Å². The fraction of sp³-hybridized carbons (Fsp3) is 0.364. The molecule has 1 unspecified atom stereocenters. The second-order valence-electron chi connectivity index (χ2n) is 6.31. The molecule has 0 bridgehead atoms. The van der Waals surface area contributed by atoms with Crippen molar-refractivity contribution in [1.29, 1.82) is 0 Å². The van der Waals surface area contributed by atoms with E-state index in [0.29, 0.717) is 32.7 Å². The minimum absolute atomic E-state index is 0.327. The van der Waals surface area contributed by atoms with E-state index < -0.39 is 12.1 Å². The number of carboxylic acid groups (broad SMARTS) is 1. The lowest BCUT2D eigenvalue weighted by molar-refractivity contribution is -0.149. The van der Waals surface area contributed by atoms with Gasteiger partial charge in [0.15, 0.2) is 6.10 Å². The highest BCUT2D eigenvalue weighted by Crippen LogP contribution is 2.15. The van der Waals surface area contributed by atoms with Crippen molar-refractivity contribution < 1.29 is 24.2 Å². The smallest absolute Gasteiger partial charge is 0.333 e. The lowest BCUT2D eigenvalue weighted by Gasteiger charge is -2.13. The molecule has 0 heterocycles. The number of rotatable bonds is 12. The van der Waals surface area contributed by atoms with Gasteiger partial charge in [0, 0.05) is 19.4 Å². The van der Waals surface area contributed by atoms with Gasteiger partial charge in [-0.15, -0.1) is 0 Å². The molecule has 0 saturated heterocycles. The standard InChI is InChI=1S/C22H27NO5/c1-3-26-21(22(24)25)15-18-9-11-20(12-10-18)27-14-13-17(2)23-28-16-19-7-5-4-6-8-19/h4-12,21H,3,13-16H2,1-2H3,(H,24,25)/b23-17+. The molecular formula is C22H27NO5. The van der Waals surface area contributed by atoms with Crippen molar-refractivity contribution >= 4 is 11.7 Å². The maximum atomic E-state index is 11.2. The highest BCUT2D eigenvalue weighted by atomic mass is 16.6. The molecule has 2 aromatic carbocycles. The van der Waals surface area contributed by atoms with E-state index in [4.69, 9.17) is 19.4 Å². The number of hydrogen-bond donors (Lipinski definition) is 1. The van der Waals surface area contributed by atoms with Gasteiger partial charge in [-0.05, 0) is 37.1 Å². The Bertz CT molecular complexity index is 743. The Hall–Kier alpha value is -2.86. The summed E-state index contributed by atoms with van der Waals surface area (Å²) in [6, 6.07) is 17.3. The Morgan fingerprint density at radius 2 is 1.79 bits per heavy atom. The van der Waals surface area contributed by atoms with Crippen LogP contribution in [0.1, 0.15) is 31.4 Å². The van der Waals surface area contributed by atoms with Crippen LogP contribution >= 0.6 is 0 Å². The van der Waals surface area contributed by atoms with Crippen molar-refractivity contribution in [3.63, 3.8) is 0 Å². The molecule has 0 amide bonds. The summed E-state index contributed by atoms with van der Waals surface area (Å²) in [6.45, 7) is 4.98. The van der Waals surface area contributed by atoms with E-state index in [2.05, 4.69) is 5.16 Å². The predicted molar refractivity (Wildman–Crippen MR) is 108 cm³/mol. The van der Waals surface area contributed by atoms with E-state index in [0.717, 1.165) is 22.6 Å². The Morgan fingerprint density at radius 1 is 1.07 bits per heavy atom. The molecule has 6 heteroatoms. The quantitative estimate of drug-likeness (QED) is 0.440. The van der Waals surface area contributed by atoms with Gasteiger partial charge >= 0.3 is 5.97 Å². The zero-order valence-corrected chi connectivity index (χ0v) is 16.3. The van der Waals surface area contributed by atoms with Gasteiger partial charge in [0.1, 0.15) is 12.4 Å². The van der Waals surface area contributed by atoms with Crippen LogP contribution < -0.4 is 4.74 Å². The third kappa shape index (κ3) is 7.80. The van der Waals surface area contributed by atoms with Crippen LogP contribution in [0.3, 0.4) is 0 Å². The lowest BCUT2D eigenvalue weighted by Crippen LogP contribution is -2.26. The average molecular weight is 385 g/mol. The van der Waals surface area contributed by atoms with Gasteiger partial charge in [0.2, 0.25) is 0 Å². The van der Waals surface area contributed by atoms with Crippen LogP contribution in [0.2, 0.25) is 0 Å². The van der Waals surface area contributed by atoms with Crippen molar-refractivity contribution in [2.24, 2.45) is 5.16 Å². The highest BCUT2D eigenvalue weighted by Gasteiger charge is 2.17. The van der Waals surface area contributed by atoms with Crippen LogP contribution in [0.15, 0.2) is 59.8 Å². The molecule has 2 aromatic rings. The minimum Gasteiger partial charge on any atom is -0.493 e. The second kappa shape index (κ2) is 11.8. The largest absolute Gasteiger partial charge is 0.493 e. The monoisotopic (exact) mass is 385 g/mol. The summed E-state index contributed by atoms with van der Waals surface area (Å²) < 4.78 is 10.9. The van der Waals surface area contributed by atoms with E-state index in [-0.39, 0.29) is 0 Å². The Morgan fingerprint density at radius 3 is 2.43 bits per heavy atom. The second-order valence-corrected chi connectivity index (χ2v) is 6.31. The van der Waals surface area contributed by atoms with Crippen molar-refractivity contribution in [3.8, 4) is 5.75 Å². The van der Waals surface area contributed by atoms with E-state index in [1.165, 1.54) is 0 Å². The molecule has 0 spiro atoms. The van der Waals surface area contributed by atoms with Crippen LogP contribution in [-0.4, -0.2) is 36.1 Å². The predicted octanol–water partition coefficient (Wildman–Crippen LogP) is 4.08. The first-order valence-electron chi connectivity index (χ1n) is 9.34. The van der Waals surface area contributed by atoms with Gasteiger partial charge in [-0.3, -0.25) is 0 Å². The van der Waals surface area contributed by atoms with Crippen LogP contribution in [0.25, 0.3) is 0 Å².